The summed E-state index contributed by atoms with van der Waals surface area (Å²) in [6.07, 6.45) is 5.12. The first-order valence-electron chi connectivity index (χ1n) is 9.81. The van der Waals surface area contributed by atoms with Gasteiger partial charge in [0.05, 0.1) is 21.3 Å². The van der Waals surface area contributed by atoms with Gasteiger partial charge in [0.25, 0.3) is 0 Å². The number of fused-ring (bicyclic) bond motifs is 1. The fourth-order valence-corrected chi connectivity index (χ4v) is 3.59. The van der Waals surface area contributed by atoms with Crippen molar-refractivity contribution < 1.29 is 28.5 Å². The van der Waals surface area contributed by atoms with Gasteiger partial charge in [-0.05, 0) is 67.2 Å². The quantitative estimate of drug-likeness (QED) is 0.372. The maximum atomic E-state index is 12.6. The maximum absolute atomic E-state index is 12.6. The highest BCUT2D eigenvalue weighted by atomic mass is 16.5. The Morgan fingerprint density at radius 2 is 1.60 bits per heavy atom. The Morgan fingerprint density at radius 1 is 0.933 bits per heavy atom. The lowest BCUT2D eigenvalue weighted by Gasteiger charge is -2.13. The molecule has 0 N–H and O–H groups in total. The number of methoxy groups -OCH3 is 3. The lowest BCUT2D eigenvalue weighted by Crippen LogP contribution is -2.23. The fourth-order valence-electron chi connectivity index (χ4n) is 3.59. The summed E-state index contributed by atoms with van der Waals surface area (Å²) < 4.78 is 21.2. The van der Waals surface area contributed by atoms with Crippen LogP contribution in [0.25, 0.3) is 6.08 Å². The third-order valence-corrected chi connectivity index (χ3v) is 5.14. The van der Waals surface area contributed by atoms with Gasteiger partial charge in [0, 0.05) is 11.6 Å². The van der Waals surface area contributed by atoms with Crippen LogP contribution in [0.5, 0.6) is 17.2 Å². The summed E-state index contributed by atoms with van der Waals surface area (Å²) in [5.74, 6) is 0.605. The molecular weight excluding hydrogens is 384 g/mol. The number of Topliss-reactive ketones (excluding diaryl/α,β-unsaturated/α-hetero) is 1. The Bertz CT molecular complexity index is 951. The average Bonchev–Trinajstić information content (AvgIpc) is 3.24. The van der Waals surface area contributed by atoms with E-state index in [2.05, 4.69) is 0 Å². The number of carbonyl (C=O) groups is 2. The number of aryl methyl sites for hydroxylation is 2. The number of ketones is 1. The molecule has 0 saturated carbocycles. The van der Waals surface area contributed by atoms with Crippen molar-refractivity contribution in [3.63, 3.8) is 0 Å². The zero-order chi connectivity index (χ0) is 21.7. The summed E-state index contributed by atoms with van der Waals surface area (Å²) in [5.41, 5.74) is 3.75. The molecule has 0 radical (unpaired) electrons. The number of rotatable bonds is 8. The first-order valence-corrected chi connectivity index (χ1v) is 9.81. The van der Waals surface area contributed by atoms with E-state index >= 15 is 0 Å². The van der Waals surface area contributed by atoms with Gasteiger partial charge in [-0.25, -0.2) is 4.79 Å². The molecule has 6 heteroatoms. The van der Waals surface area contributed by atoms with Crippen molar-refractivity contribution in [1.82, 2.24) is 0 Å². The minimum atomic E-state index is -0.874. The molecule has 158 valence electrons. The number of benzene rings is 2. The summed E-state index contributed by atoms with van der Waals surface area (Å²) >= 11 is 0. The second-order valence-corrected chi connectivity index (χ2v) is 7.07. The van der Waals surface area contributed by atoms with E-state index in [9.17, 15) is 9.59 Å². The summed E-state index contributed by atoms with van der Waals surface area (Å²) in [6, 6.07) is 9.15. The van der Waals surface area contributed by atoms with Crippen LogP contribution in [0.15, 0.2) is 36.4 Å². The van der Waals surface area contributed by atoms with Crippen molar-refractivity contribution in [3.8, 4) is 17.2 Å². The monoisotopic (exact) mass is 410 g/mol. The molecule has 30 heavy (non-hydrogen) atoms. The fraction of sp³-hybridized carbons (Fsp3) is 0.333. The number of hydrogen-bond acceptors (Lipinski definition) is 6. The number of esters is 1. The van der Waals surface area contributed by atoms with Gasteiger partial charge < -0.3 is 18.9 Å². The van der Waals surface area contributed by atoms with Crippen molar-refractivity contribution in [1.29, 1.82) is 0 Å². The van der Waals surface area contributed by atoms with E-state index in [4.69, 9.17) is 18.9 Å². The summed E-state index contributed by atoms with van der Waals surface area (Å²) in [7, 11) is 4.56. The second-order valence-electron chi connectivity index (χ2n) is 7.07. The Balaban J connectivity index is 1.67. The maximum Gasteiger partial charge on any atom is 0.331 e. The van der Waals surface area contributed by atoms with Crippen LogP contribution in [-0.2, 0) is 22.4 Å². The van der Waals surface area contributed by atoms with Crippen LogP contribution >= 0.6 is 0 Å². The van der Waals surface area contributed by atoms with E-state index in [0.29, 0.717) is 28.4 Å². The minimum Gasteiger partial charge on any atom is -0.493 e. The van der Waals surface area contributed by atoms with E-state index < -0.39 is 12.1 Å². The number of ether oxygens (including phenoxy) is 4. The van der Waals surface area contributed by atoms with Crippen molar-refractivity contribution in [2.24, 2.45) is 0 Å². The van der Waals surface area contributed by atoms with E-state index in [1.54, 1.807) is 25.1 Å². The van der Waals surface area contributed by atoms with Gasteiger partial charge in [-0.2, -0.15) is 0 Å². The lowest BCUT2D eigenvalue weighted by molar-refractivity contribution is -0.140. The average molecular weight is 410 g/mol. The van der Waals surface area contributed by atoms with Gasteiger partial charge >= 0.3 is 5.97 Å². The largest absolute Gasteiger partial charge is 0.493 e. The van der Waals surface area contributed by atoms with Crippen molar-refractivity contribution in [2.75, 3.05) is 21.3 Å². The van der Waals surface area contributed by atoms with Gasteiger partial charge in [-0.1, -0.05) is 12.1 Å². The number of carbonyl (C=O) groups excluding carboxylic acids is 2. The highest BCUT2D eigenvalue weighted by molar-refractivity contribution is 6.01. The molecule has 0 fully saturated rings. The van der Waals surface area contributed by atoms with Crippen LogP contribution in [0.1, 0.15) is 40.4 Å². The highest BCUT2D eigenvalue weighted by Gasteiger charge is 2.21. The molecule has 0 unspecified atom stereocenters. The van der Waals surface area contributed by atoms with Crippen LogP contribution in [-0.4, -0.2) is 39.2 Å². The molecular formula is C24H26O6. The lowest BCUT2D eigenvalue weighted by atomic mass is 10.0. The minimum absolute atomic E-state index is 0.209. The van der Waals surface area contributed by atoms with Crippen LogP contribution in [0.2, 0.25) is 0 Å². The molecule has 6 nitrogen and oxygen atoms in total. The van der Waals surface area contributed by atoms with E-state index in [0.717, 1.165) is 19.3 Å². The molecule has 2 aromatic rings. The van der Waals surface area contributed by atoms with Gasteiger partial charge in [0.1, 0.15) is 0 Å². The normalized spacial score (nSPS) is 13.6. The van der Waals surface area contributed by atoms with Gasteiger partial charge in [0.2, 0.25) is 11.5 Å². The molecule has 0 aliphatic heterocycles. The predicted octanol–water partition coefficient (Wildman–Crippen LogP) is 4.03. The zero-order valence-electron chi connectivity index (χ0n) is 17.7. The third kappa shape index (κ3) is 4.64. The Labute approximate surface area is 176 Å². The molecule has 3 rings (SSSR count). The first-order chi connectivity index (χ1) is 14.5. The van der Waals surface area contributed by atoms with Crippen molar-refractivity contribution in [2.45, 2.75) is 32.3 Å². The van der Waals surface area contributed by atoms with Crippen molar-refractivity contribution >= 4 is 17.8 Å². The Kier molecular flexibility index (Phi) is 6.77. The first kappa shape index (κ1) is 21.4. The van der Waals surface area contributed by atoms with Crippen LogP contribution < -0.4 is 14.2 Å². The Morgan fingerprint density at radius 3 is 2.23 bits per heavy atom. The third-order valence-electron chi connectivity index (χ3n) is 5.14. The van der Waals surface area contributed by atoms with E-state index in [1.165, 1.54) is 38.5 Å². The molecule has 0 amide bonds. The molecule has 0 aromatic heterocycles. The van der Waals surface area contributed by atoms with Crippen LogP contribution in [0.3, 0.4) is 0 Å². The van der Waals surface area contributed by atoms with Crippen LogP contribution in [0, 0.1) is 0 Å². The number of hydrogen-bond donors (Lipinski definition) is 0. The molecule has 0 saturated heterocycles. The molecule has 1 atom stereocenters. The van der Waals surface area contributed by atoms with Gasteiger partial charge in [-0.15, -0.1) is 0 Å². The Hall–Kier alpha value is -3.28. The zero-order valence-corrected chi connectivity index (χ0v) is 17.7. The predicted molar refractivity (Wildman–Crippen MR) is 113 cm³/mol. The molecule has 0 spiro atoms. The highest BCUT2D eigenvalue weighted by Crippen LogP contribution is 2.38. The molecule has 0 heterocycles. The van der Waals surface area contributed by atoms with E-state index in [-0.39, 0.29) is 5.78 Å². The smallest absolute Gasteiger partial charge is 0.331 e. The molecule has 2 aromatic carbocycles. The molecule has 0 bridgehead atoms. The topological polar surface area (TPSA) is 71.1 Å². The van der Waals surface area contributed by atoms with Gasteiger partial charge in [0.15, 0.2) is 17.6 Å². The van der Waals surface area contributed by atoms with E-state index in [1.807, 2.05) is 18.2 Å². The standard InChI is InChI=1S/C24H26O6/c1-15(23(26)19-10-9-17-6-5-7-18(17)14-19)30-22(25)11-8-16-12-20(27-2)24(29-4)21(13-16)28-3/h8-15H,5-7H2,1-4H3/b11-8+/t15-/m0/s1. The van der Waals surface area contributed by atoms with Crippen LogP contribution in [0.4, 0.5) is 0 Å². The summed E-state index contributed by atoms with van der Waals surface area (Å²) in [6.45, 7) is 1.58. The van der Waals surface area contributed by atoms with Gasteiger partial charge in [-0.3, -0.25) is 4.79 Å². The summed E-state index contributed by atoms with van der Waals surface area (Å²) in [4.78, 5) is 24.9. The molecule has 1 aliphatic rings. The van der Waals surface area contributed by atoms with Crippen molar-refractivity contribution in [3.05, 3.63) is 58.7 Å². The summed E-state index contributed by atoms with van der Waals surface area (Å²) in [5, 5.41) is 0. The second kappa shape index (κ2) is 9.48. The molecule has 1 aliphatic carbocycles. The SMILES string of the molecule is COc1cc(/C=C/C(=O)O[C@@H](C)C(=O)c2ccc3c(c2)CCC3)cc(OC)c1OC.